The summed E-state index contributed by atoms with van der Waals surface area (Å²) in [6.45, 7) is 0. The molecular weight excluding hydrogens is 230 g/mol. The normalized spacial score (nSPS) is 9.72. The van der Waals surface area contributed by atoms with Gasteiger partial charge in [0.2, 0.25) is 0 Å². The predicted octanol–water partition coefficient (Wildman–Crippen LogP) is 1.90. The van der Waals surface area contributed by atoms with Crippen LogP contribution >= 0.6 is 0 Å². The van der Waals surface area contributed by atoms with Gasteiger partial charge in [0.25, 0.3) is 0 Å². The molecule has 3 N–H and O–H groups in total. The topological polar surface area (TPSA) is 100 Å². The number of benzene rings is 1. The maximum Gasteiger partial charge on any atom is 0.355 e. The molecule has 0 aliphatic rings. The van der Waals surface area contributed by atoms with Crippen molar-refractivity contribution >= 4 is 11.8 Å². The Morgan fingerprint density at radius 1 is 1.33 bits per heavy atom. The molecule has 0 bridgehead atoms. The Morgan fingerprint density at radius 3 is 2.78 bits per heavy atom. The highest BCUT2D eigenvalue weighted by Crippen LogP contribution is 2.24. The van der Waals surface area contributed by atoms with Gasteiger partial charge in [-0.1, -0.05) is 12.1 Å². The van der Waals surface area contributed by atoms with Gasteiger partial charge in [-0.25, -0.2) is 9.78 Å². The Labute approximate surface area is 103 Å². The van der Waals surface area contributed by atoms with Crippen molar-refractivity contribution in [3.8, 4) is 17.2 Å². The molecule has 0 fully saturated rings. The number of nitrogens with two attached hydrogens (primary N) is 1. The maximum absolute atomic E-state index is 11.1. The van der Waals surface area contributed by atoms with Crippen LogP contribution in [0.25, 0.3) is 11.1 Å². The maximum atomic E-state index is 11.1. The van der Waals surface area contributed by atoms with Crippen LogP contribution in [0.2, 0.25) is 0 Å². The molecule has 0 amide bonds. The molecule has 1 aromatic heterocycles. The first-order valence-corrected chi connectivity index (χ1v) is 5.12. The van der Waals surface area contributed by atoms with E-state index in [1.54, 1.807) is 30.3 Å². The first-order valence-electron chi connectivity index (χ1n) is 5.12. The molecule has 2 rings (SSSR count). The van der Waals surface area contributed by atoms with Crippen LogP contribution in [0.5, 0.6) is 0 Å². The van der Waals surface area contributed by atoms with Crippen molar-refractivity contribution in [2.75, 3.05) is 5.73 Å². The third kappa shape index (κ3) is 2.13. The van der Waals surface area contributed by atoms with Gasteiger partial charge in [0.15, 0.2) is 5.69 Å². The monoisotopic (exact) mass is 239 g/mol. The lowest BCUT2D eigenvalue weighted by Crippen LogP contribution is -2.05. The summed E-state index contributed by atoms with van der Waals surface area (Å²) in [7, 11) is 0. The smallest absolute Gasteiger partial charge is 0.355 e. The minimum atomic E-state index is -1.15. The third-order valence-electron chi connectivity index (χ3n) is 2.42. The largest absolute Gasteiger partial charge is 0.476 e. The van der Waals surface area contributed by atoms with E-state index in [-0.39, 0.29) is 11.5 Å². The molecule has 5 nitrogen and oxygen atoms in total. The summed E-state index contributed by atoms with van der Waals surface area (Å²) in [5.41, 5.74) is 6.87. The Kier molecular flexibility index (Phi) is 2.94. The van der Waals surface area contributed by atoms with Crippen molar-refractivity contribution in [2.24, 2.45) is 0 Å². The van der Waals surface area contributed by atoms with Crippen molar-refractivity contribution in [1.29, 1.82) is 5.26 Å². The van der Waals surface area contributed by atoms with Gasteiger partial charge in [-0.05, 0) is 29.8 Å². The zero-order valence-corrected chi connectivity index (χ0v) is 9.29. The molecule has 2 aromatic rings. The average molecular weight is 239 g/mol. The highest BCUT2D eigenvalue weighted by atomic mass is 16.4. The van der Waals surface area contributed by atoms with Crippen LogP contribution in [0.3, 0.4) is 0 Å². The van der Waals surface area contributed by atoms with Gasteiger partial charge in [-0.3, -0.25) is 0 Å². The number of carbonyl (C=O) groups is 1. The SMILES string of the molecule is N#Cc1cccc(-c2ccc(N)nc2C(=O)O)c1. The second kappa shape index (κ2) is 4.55. The van der Waals surface area contributed by atoms with E-state index in [1.807, 2.05) is 6.07 Å². The Hall–Kier alpha value is -2.87. The van der Waals surface area contributed by atoms with Gasteiger partial charge in [-0.2, -0.15) is 5.26 Å². The van der Waals surface area contributed by atoms with Gasteiger partial charge in [-0.15, -0.1) is 0 Å². The molecule has 0 atom stereocenters. The molecule has 88 valence electrons. The lowest BCUT2D eigenvalue weighted by atomic mass is 10.0. The van der Waals surface area contributed by atoms with E-state index in [2.05, 4.69) is 4.98 Å². The van der Waals surface area contributed by atoms with Gasteiger partial charge in [0.1, 0.15) is 5.82 Å². The average Bonchev–Trinajstić information content (AvgIpc) is 2.38. The molecular formula is C13H9N3O2. The summed E-state index contributed by atoms with van der Waals surface area (Å²) in [6, 6.07) is 11.8. The Balaban J connectivity index is 2.63. The fourth-order valence-electron chi connectivity index (χ4n) is 1.63. The standard InChI is InChI=1S/C13H9N3O2/c14-7-8-2-1-3-9(6-8)10-4-5-11(15)16-12(10)13(17)18/h1-6H,(H2,15,16)(H,17,18). The van der Waals surface area contributed by atoms with Crippen LogP contribution in [-0.2, 0) is 0 Å². The zero-order valence-electron chi connectivity index (χ0n) is 9.29. The van der Waals surface area contributed by atoms with Crippen LogP contribution in [0.15, 0.2) is 36.4 Å². The third-order valence-corrected chi connectivity index (χ3v) is 2.42. The van der Waals surface area contributed by atoms with E-state index >= 15 is 0 Å². The van der Waals surface area contributed by atoms with Crippen molar-refractivity contribution in [3.63, 3.8) is 0 Å². The van der Waals surface area contributed by atoms with E-state index in [4.69, 9.17) is 16.1 Å². The number of nitriles is 1. The Morgan fingerprint density at radius 2 is 2.11 bits per heavy atom. The molecule has 0 saturated carbocycles. The number of nitrogen functional groups attached to an aromatic ring is 1. The summed E-state index contributed by atoms with van der Waals surface area (Å²) >= 11 is 0. The van der Waals surface area contributed by atoms with Crippen LogP contribution < -0.4 is 5.73 Å². The van der Waals surface area contributed by atoms with Crippen LogP contribution in [0.1, 0.15) is 16.1 Å². The molecule has 18 heavy (non-hydrogen) atoms. The summed E-state index contributed by atoms with van der Waals surface area (Å²) in [6.07, 6.45) is 0. The van der Waals surface area contributed by atoms with E-state index < -0.39 is 5.97 Å². The second-order valence-corrected chi connectivity index (χ2v) is 3.63. The summed E-state index contributed by atoms with van der Waals surface area (Å²) in [4.78, 5) is 14.9. The predicted molar refractivity (Wildman–Crippen MR) is 65.8 cm³/mol. The number of anilines is 1. The van der Waals surface area contributed by atoms with E-state index in [1.165, 1.54) is 6.07 Å². The van der Waals surface area contributed by atoms with E-state index in [0.717, 1.165) is 0 Å². The van der Waals surface area contributed by atoms with Gasteiger partial charge >= 0.3 is 5.97 Å². The fraction of sp³-hybridized carbons (Fsp3) is 0. The lowest BCUT2D eigenvalue weighted by molar-refractivity contribution is 0.0691. The minimum Gasteiger partial charge on any atom is -0.476 e. The first-order chi connectivity index (χ1) is 8.61. The van der Waals surface area contributed by atoms with Gasteiger partial charge in [0, 0.05) is 5.56 Å². The molecule has 0 spiro atoms. The molecule has 0 unspecified atom stereocenters. The summed E-state index contributed by atoms with van der Waals surface area (Å²) in [5.74, 6) is -1.01. The quantitative estimate of drug-likeness (QED) is 0.833. The number of aromatic carboxylic acids is 1. The summed E-state index contributed by atoms with van der Waals surface area (Å²) in [5, 5.41) is 17.9. The van der Waals surface area contributed by atoms with Gasteiger partial charge < -0.3 is 10.8 Å². The minimum absolute atomic E-state index is 0.120. The number of carboxylic acid groups (broad SMARTS) is 1. The molecule has 1 heterocycles. The van der Waals surface area contributed by atoms with E-state index in [9.17, 15) is 4.79 Å². The number of hydrogen-bond donors (Lipinski definition) is 2. The van der Waals surface area contributed by atoms with Crippen molar-refractivity contribution < 1.29 is 9.90 Å². The number of hydrogen-bond acceptors (Lipinski definition) is 4. The van der Waals surface area contributed by atoms with Crippen molar-refractivity contribution in [3.05, 3.63) is 47.7 Å². The lowest BCUT2D eigenvalue weighted by Gasteiger charge is -2.06. The summed E-state index contributed by atoms with van der Waals surface area (Å²) < 4.78 is 0. The highest BCUT2D eigenvalue weighted by Gasteiger charge is 2.14. The molecule has 1 aromatic carbocycles. The van der Waals surface area contributed by atoms with Crippen LogP contribution in [-0.4, -0.2) is 16.1 Å². The molecule has 5 heteroatoms. The first kappa shape index (κ1) is 11.6. The van der Waals surface area contributed by atoms with Crippen molar-refractivity contribution in [2.45, 2.75) is 0 Å². The fourth-order valence-corrected chi connectivity index (χ4v) is 1.63. The van der Waals surface area contributed by atoms with Crippen molar-refractivity contribution in [1.82, 2.24) is 4.98 Å². The number of carboxylic acids is 1. The van der Waals surface area contributed by atoms with Crippen LogP contribution in [0, 0.1) is 11.3 Å². The molecule has 0 aliphatic heterocycles. The van der Waals surface area contributed by atoms with Gasteiger partial charge in [0.05, 0.1) is 11.6 Å². The highest BCUT2D eigenvalue weighted by molar-refractivity contribution is 5.94. The number of nitrogens with zero attached hydrogens (tertiary/aromatic N) is 2. The number of pyridine rings is 1. The Bertz CT molecular complexity index is 660. The number of aromatic nitrogens is 1. The molecule has 0 radical (unpaired) electrons. The van der Waals surface area contributed by atoms with E-state index in [0.29, 0.717) is 16.7 Å². The van der Waals surface area contributed by atoms with Crippen LogP contribution in [0.4, 0.5) is 5.82 Å². The molecule has 0 saturated heterocycles. The zero-order chi connectivity index (χ0) is 13.1. The second-order valence-electron chi connectivity index (χ2n) is 3.63. The number of rotatable bonds is 2. The molecule has 0 aliphatic carbocycles.